The average molecular weight is 333 g/mol. The van der Waals surface area contributed by atoms with Crippen LogP contribution in [-0.4, -0.2) is 55.9 Å². The second-order valence-corrected chi connectivity index (χ2v) is 6.63. The summed E-state index contributed by atoms with van der Waals surface area (Å²) in [6.07, 6.45) is 3.85. The van der Waals surface area contributed by atoms with Gasteiger partial charge in [0.1, 0.15) is 5.75 Å². The van der Waals surface area contributed by atoms with Crippen LogP contribution in [0.25, 0.3) is 0 Å². The summed E-state index contributed by atoms with van der Waals surface area (Å²) in [4.78, 5) is 15.1. The van der Waals surface area contributed by atoms with Crippen LogP contribution in [0.4, 0.5) is 0 Å². The van der Waals surface area contributed by atoms with E-state index in [-0.39, 0.29) is 23.7 Å². The summed E-state index contributed by atoms with van der Waals surface area (Å²) in [5.74, 6) is 0.788. The molecule has 3 rings (SSSR count). The quantitative estimate of drug-likeness (QED) is 0.831. The molecule has 1 heterocycles. The molecule has 1 amide bonds. The molecule has 1 aromatic rings. The van der Waals surface area contributed by atoms with E-state index in [4.69, 9.17) is 14.2 Å². The Hall–Kier alpha value is -1.59. The standard InChI is InChI=1S/C19H27NO4/c1-4-24-16-7-5-6-14(12-16)18(21)20-11-10-19(23-3)9-8-15(22-2)13-17(19)20/h5-7,12,15,17H,4,8-11,13H2,1-3H3/t15-,17-,19+/m0/s1. The fourth-order valence-corrected chi connectivity index (χ4v) is 4.17. The van der Waals surface area contributed by atoms with Gasteiger partial charge in [0.2, 0.25) is 0 Å². The lowest BCUT2D eigenvalue weighted by atomic mass is 9.79. The molecule has 5 nitrogen and oxygen atoms in total. The lowest BCUT2D eigenvalue weighted by Gasteiger charge is -2.43. The first-order chi connectivity index (χ1) is 11.6. The molecule has 0 radical (unpaired) electrons. The SMILES string of the molecule is CCOc1cccc(C(=O)N2CC[C@]3(OC)CC[C@H](OC)C[C@H]23)c1. The molecular weight excluding hydrogens is 306 g/mol. The highest BCUT2D eigenvalue weighted by Gasteiger charge is 2.52. The number of fused-ring (bicyclic) bond motifs is 1. The monoisotopic (exact) mass is 333 g/mol. The number of methoxy groups -OCH3 is 2. The molecular formula is C19H27NO4. The third-order valence-electron chi connectivity index (χ3n) is 5.53. The Kier molecular flexibility index (Phi) is 5.11. The first kappa shape index (κ1) is 17.2. The minimum absolute atomic E-state index is 0.0530. The lowest BCUT2D eigenvalue weighted by Crippen LogP contribution is -2.53. The summed E-state index contributed by atoms with van der Waals surface area (Å²) in [7, 11) is 3.51. The predicted octanol–water partition coefficient (Wildman–Crippen LogP) is 2.88. The van der Waals surface area contributed by atoms with Crippen molar-refractivity contribution in [3.63, 3.8) is 0 Å². The molecule has 0 N–H and O–H groups in total. The summed E-state index contributed by atoms with van der Waals surface area (Å²) in [6.45, 7) is 3.26. The van der Waals surface area contributed by atoms with E-state index in [0.29, 0.717) is 12.2 Å². The predicted molar refractivity (Wildman–Crippen MR) is 91.4 cm³/mol. The van der Waals surface area contributed by atoms with Gasteiger partial charge < -0.3 is 19.1 Å². The van der Waals surface area contributed by atoms with Gasteiger partial charge in [-0.15, -0.1) is 0 Å². The number of carbonyl (C=O) groups is 1. The molecule has 2 aliphatic rings. The maximum Gasteiger partial charge on any atom is 0.254 e. The third kappa shape index (κ3) is 3.03. The molecule has 0 unspecified atom stereocenters. The molecule has 3 atom stereocenters. The van der Waals surface area contributed by atoms with Gasteiger partial charge in [-0.1, -0.05) is 6.07 Å². The molecule has 0 aromatic heterocycles. The van der Waals surface area contributed by atoms with Gasteiger partial charge in [-0.25, -0.2) is 0 Å². The van der Waals surface area contributed by atoms with Crippen molar-refractivity contribution in [1.29, 1.82) is 0 Å². The van der Waals surface area contributed by atoms with Crippen molar-refractivity contribution in [2.75, 3.05) is 27.4 Å². The number of likely N-dealkylation sites (tertiary alicyclic amines) is 1. The second kappa shape index (κ2) is 7.11. The number of ether oxygens (including phenoxy) is 3. The maximum atomic E-state index is 13.1. The van der Waals surface area contributed by atoms with Gasteiger partial charge in [-0.2, -0.15) is 0 Å². The van der Waals surface area contributed by atoms with Crippen molar-refractivity contribution in [2.24, 2.45) is 0 Å². The Morgan fingerprint density at radius 3 is 2.88 bits per heavy atom. The second-order valence-electron chi connectivity index (χ2n) is 6.63. The fourth-order valence-electron chi connectivity index (χ4n) is 4.17. The molecule has 1 aliphatic heterocycles. The number of hydrogen-bond donors (Lipinski definition) is 0. The van der Waals surface area contributed by atoms with E-state index in [1.54, 1.807) is 14.2 Å². The number of hydrogen-bond acceptors (Lipinski definition) is 4. The zero-order valence-electron chi connectivity index (χ0n) is 14.8. The van der Waals surface area contributed by atoms with Crippen molar-refractivity contribution in [1.82, 2.24) is 4.90 Å². The number of benzene rings is 1. The van der Waals surface area contributed by atoms with Crippen LogP contribution in [0, 0.1) is 0 Å². The highest BCUT2D eigenvalue weighted by atomic mass is 16.5. The largest absolute Gasteiger partial charge is 0.494 e. The van der Waals surface area contributed by atoms with Gasteiger partial charge in [0.15, 0.2) is 0 Å². The smallest absolute Gasteiger partial charge is 0.254 e. The first-order valence-electron chi connectivity index (χ1n) is 8.75. The van der Waals surface area contributed by atoms with Crippen molar-refractivity contribution < 1.29 is 19.0 Å². The molecule has 24 heavy (non-hydrogen) atoms. The molecule has 0 spiro atoms. The van der Waals surface area contributed by atoms with Crippen molar-refractivity contribution in [2.45, 2.75) is 50.4 Å². The Bertz CT molecular complexity index is 590. The van der Waals surface area contributed by atoms with Crippen LogP contribution >= 0.6 is 0 Å². The Labute approximate surface area is 143 Å². The average Bonchev–Trinajstić information content (AvgIpc) is 3.00. The highest BCUT2D eigenvalue weighted by molar-refractivity contribution is 5.95. The topological polar surface area (TPSA) is 48.0 Å². The number of carbonyl (C=O) groups excluding carboxylic acids is 1. The maximum absolute atomic E-state index is 13.1. The van der Waals surface area contributed by atoms with Crippen molar-refractivity contribution in [3.8, 4) is 5.75 Å². The summed E-state index contributed by atoms with van der Waals surface area (Å²) >= 11 is 0. The summed E-state index contributed by atoms with van der Waals surface area (Å²) in [5.41, 5.74) is 0.453. The molecule has 1 saturated heterocycles. The first-order valence-corrected chi connectivity index (χ1v) is 8.75. The van der Waals surface area contributed by atoms with Gasteiger partial charge in [0.25, 0.3) is 5.91 Å². The third-order valence-corrected chi connectivity index (χ3v) is 5.53. The molecule has 1 aromatic carbocycles. The van der Waals surface area contributed by atoms with Crippen LogP contribution in [0.5, 0.6) is 5.75 Å². The Morgan fingerprint density at radius 2 is 2.17 bits per heavy atom. The van der Waals surface area contributed by atoms with E-state index >= 15 is 0 Å². The van der Waals surface area contributed by atoms with E-state index in [2.05, 4.69) is 0 Å². The molecule has 1 saturated carbocycles. The van der Waals surface area contributed by atoms with E-state index in [0.717, 1.165) is 38.0 Å². The summed E-state index contributed by atoms with van der Waals surface area (Å²) in [6, 6.07) is 7.51. The number of amides is 1. The zero-order chi connectivity index (χ0) is 17.2. The van der Waals surface area contributed by atoms with Crippen LogP contribution in [-0.2, 0) is 9.47 Å². The fraction of sp³-hybridized carbons (Fsp3) is 0.632. The van der Waals surface area contributed by atoms with E-state index in [9.17, 15) is 4.79 Å². The Balaban J connectivity index is 1.83. The molecule has 132 valence electrons. The Morgan fingerprint density at radius 1 is 1.33 bits per heavy atom. The minimum atomic E-state index is -0.220. The van der Waals surface area contributed by atoms with E-state index in [1.165, 1.54) is 0 Å². The molecule has 5 heteroatoms. The van der Waals surface area contributed by atoms with Gasteiger partial charge in [-0.3, -0.25) is 4.79 Å². The van der Waals surface area contributed by atoms with Gasteiger partial charge >= 0.3 is 0 Å². The van der Waals surface area contributed by atoms with Gasteiger partial charge in [-0.05, 0) is 50.8 Å². The van der Waals surface area contributed by atoms with Crippen LogP contribution in [0.1, 0.15) is 43.0 Å². The van der Waals surface area contributed by atoms with Crippen LogP contribution in [0.3, 0.4) is 0 Å². The van der Waals surface area contributed by atoms with Gasteiger partial charge in [0.05, 0.1) is 24.4 Å². The van der Waals surface area contributed by atoms with Crippen molar-refractivity contribution >= 4 is 5.91 Å². The van der Waals surface area contributed by atoms with Crippen LogP contribution < -0.4 is 4.74 Å². The number of rotatable bonds is 5. The van der Waals surface area contributed by atoms with Gasteiger partial charge in [0, 0.05) is 26.3 Å². The van der Waals surface area contributed by atoms with E-state index in [1.807, 2.05) is 36.1 Å². The summed E-state index contributed by atoms with van der Waals surface area (Å²) < 4.78 is 17.0. The minimum Gasteiger partial charge on any atom is -0.494 e. The molecule has 1 aliphatic carbocycles. The normalized spacial score (nSPS) is 29.4. The lowest BCUT2D eigenvalue weighted by molar-refractivity contribution is -0.0893. The number of nitrogens with zero attached hydrogens (tertiary/aromatic N) is 1. The highest BCUT2D eigenvalue weighted by Crippen LogP contribution is 2.43. The molecule has 0 bridgehead atoms. The van der Waals surface area contributed by atoms with Crippen LogP contribution in [0.2, 0.25) is 0 Å². The van der Waals surface area contributed by atoms with Crippen LogP contribution in [0.15, 0.2) is 24.3 Å². The zero-order valence-corrected chi connectivity index (χ0v) is 14.8. The molecule has 2 fully saturated rings. The van der Waals surface area contributed by atoms with Crippen molar-refractivity contribution in [3.05, 3.63) is 29.8 Å². The van der Waals surface area contributed by atoms with E-state index < -0.39 is 0 Å². The summed E-state index contributed by atoms with van der Waals surface area (Å²) in [5, 5.41) is 0.